The number of fused-ring (bicyclic) bond motifs is 2. The first kappa shape index (κ1) is 30.1. The van der Waals surface area contributed by atoms with Crippen molar-refractivity contribution in [3.8, 4) is 0 Å². The van der Waals surface area contributed by atoms with Crippen molar-refractivity contribution in [3.05, 3.63) is 23.8 Å². The number of hydrogen-bond acceptors (Lipinski definition) is 7. The van der Waals surface area contributed by atoms with Gasteiger partial charge in [-0.25, -0.2) is 0 Å². The Hall–Kier alpha value is -1.32. The fraction of sp³-hybridized carbons (Fsp3) is 0.812. The van der Waals surface area contributed by atoms with Crippen LogP contribution in [0.5, 0.6) is 0 Å². The third-order valence-corrected chi connectivity index (χ3v) is 12.9. The van der Waals surface area contributed by atoms with Gasteiger partial charge in [0, 0.05) is 20.1 Å². The van der Waals surface area contributed by atoms with Crippen LogP contribution in [0, 0.1) is 45.8 Å². The number of allylic oxidation sites excluding steroid dienone is 1. The Morgan fingerprint density at radius 2 is 1.95 bits per heavy atom. The van der Waals surface area contributed by atoms with E-state index in [0.29, 0.717) is 31.5 Å². The largest absolute Gasteiger partial charge is 0.438 e. The van der Waals surface area contributed by atoms with E-state index in [-0.39, 0.29) is 36.6 Å². The highest BCUT2D eigenvalue weighted by Gasteiger charge is 2.84. The summed E-state index contributed by atoms with van der Waals surface area (Å²) in [6, 6.07) is 0.995. The first-order chi connectivity index (χ1) is 18.8. The normalized spacial score (nSPS) is 43.6. The van der Waals surface area contributed by atoms with E-state index in [1.54, 1.807) is 12.2 Å². The molecule has 0 radical (unpaired) electrons. The van der Waals surface area contributed by atoms with Crippen molar-refractivity contribution in [1.29, 1.82) is 0 Å². The van der Waals surface area contributed by atoms with Crippen molar-refractivity contribution in [2.24, 2.45) is 45.8 Å². The number of ether oxygens (including phenoxy) is 4. The zero-order valence-corrected chi connectivity index (χ0v) is 26.5. The fourth-order valence-electron chi connectivity index (χ4n) is 9.27. The minimum Gasteiger partial charge on any atom is -0.438 e. The van der Waals surface area contributed by atoms with Gasteiger partial charge in [-0.3, -0.25) is 4.79 Å². The Balaban J connectivity index is 1.52. The van der Waals surface area contributed by atoms with Crippen molar-refractivity contribution in [3.63, 3.8) is 0 Å². The van der Waals surface area contributed by atoms with Gasteiger partial charge < -0.3 is 28.8 Å². The van der Waals surface area contributed by atoms with Crippen molar-refractivity contribution in [2.45, 2.75) is 97.6 Å². The maximum atomic E-state index is 14.7. The first-order valence-electron chi connectivity index (χ1n) is 15.4. The Labute approximate surface area is 241 Å². The molecule has 4 bridgehead atoms. The number of hydrogen-bond donors (Lipinski definition) is 1. The molecule has 0 aromatic carbocycles. The first-order valence-corrected chi connectivity index (χ1v) is 19.1. The molecule has 3 saturated carbocycles. The van der Waals surface area contributed by atoms with Crippen LogP contribution >= 0.6 is 0 Å². The van der Waals surface area contributed by atoms with E-state index in [4.69, 9.17) is 18.9 Å². The van der Waals surface area contributed by atoms with Crippen LogP contribution in [0.25, 0.3) is 0 Å². The van der Waals surface area contributed by atoms with E-state index < -0.39 is 36.7 Å². The topological polar surface area (TPSA) is 91.3 Å². The molecule has 0 aromatic rings. The number of aldehydes is 1. The summed E-state index contributed by atoms with van der Waals surface area (Å²) >= 11 is 0. The van der Waals surface area contributed by atoms with Gasteiger partial charge in [0.25, 0.3) is 0 Å². The van der Waals surface area contributed by atoms with Gasteiger partial charge in [0.1, 0.15) is 11.7 Å². The molecule has 40 heavy (non-hydrogen) atoms. The highest BCUT2D eigenvalue weighted by Crippen LogP contribution is 2.82. The molecule has 7 nitrogen and oxygen atoms in total. The minimum absolute atomic E-state index is 0.0452. The van der Waals surface area contributed by atoms with E-state index in [1.807, 2.05) is 6.92 Å². The Kier molecular flexibility index (Phi) is 8.10. The molecule has 0 saturated heterocycles. The van der Waals surface area contributed by atoms with Gasteiger partial charge in [0.15, 0.2) is 13.1 Å². The Morgan fingerprint density at radius 3 is 2.60 bits per heavy atom. The molecule has 10 atom stereocenters. The van der Waals surface area contributed by atoms with E-state index in [2.05, 4.69) is 46.5 Å². The van der Waals surface area contributed by atoms with Crippen LogP contribution in [0.15, 0.2) is 23.8 Å². The molecule has 5 aliphatic rings. The van der Waals surface area contributed by atoms with Gasteiger partial charge in [-0.1, -0.05) is 64.6 Å². The van der Waals surface area contributed by atoms with Gasteiger partial charge in [0.2, 0.25) is 0 Å². The SMILES string of the molecule is CC(C)C1=C[C@H]2C[C@]3(C=O)[C@@H]4CC[C@@H](C)[C@H]4C[C@@]2(CO[C@H]2C=C[C@H](O)[C@@H](C)O2)[C@]13C(=O)OCOCC[Si](C)(C)C. The lowest BCUT2D eigenvalue weighted by Crippen LogP contribution is -2.64. The molecular formula is C32H50O7Si. The second-order valence-corrected chi connectivity index (χ2v) is 20.5. The molecule has 4 aliphatic carbocycles. The lowest BCUT2D eigenvalue weighted by molar-refractivity contribution is -0.219. The Morgan fingerprint density at radius 1 is 1.20 bits per heavy atom. The van der Waals surface area contributed by atoms with E-state index in [0.717, 1.165) is 37.2 Å². The summed E-state index contributed by atoms with van der Waals surface area (Å²) < 4.78 is 24.3. The molecule has 5 rings (SSSR count). The third-order valence-electron chi connectivity index (χ3n) is 11.2. The quantitative estimate of drug-likeness (QED) is 0.0887. The zero-order valence-electron chi connectivity index (χ0n) is 25.5. The summed E-state index contributed by atoms with van der Waals surface area (Å²) in [5.41, 5.74) is -1.46. The average Bonchev–Trinajstić information content (AvgIpc) is 3.45. The average molecular weight is 575 g/mol. The molecule has 0 amide bonds. The maximum absolute atomic E-state index is 14.7. The lowest BCUT2D eigenvalue weighted by atomic mass is 9.43. The summed E-state index contributed by atoms with van der Waals surface area (Å²) in [6.07, 6.45) is 8.75. The zero-order chi connectivity index (χ0) is 29.1. The number of aliphatic hydroxyl groups excluding tert-OH is 1. The monoisotopic (exact) mass is 574 g/mol. The van der Waals surface area contributed by atoms with E-state index in [1.165, 1.54) is 0 Å². The molecule has 224 valence electrons. The standard InChI is InChI=1S/C32H50O7Si/c1-20(2)26-14-23-15-30(17-33)25-9-8-21(3)24(25)16-31(23,18-37-28-11-10-27(34)22(4)39-28)32(26,30)29(35)38-19-36-12-13-40(5,6)7/h10-11,14,17,20-25,27-28,34H,8-9,12-13,15-16,18-19H2,1-7H3/t21-,22-,23+,24-,25-,27+,28-,30+,31+,32+/m1/s1. The Bertz CT molecular complexity index is 1050. The van der Waals surface area contributed by atoms with Gasteiger partial charge >= 0.3 is 5.97 Å². The number of aliphatic hydroxyl groups is 1. The summed E-state index contributed by atoms with van der Waals surface area (Å²) in [5, 5.41) is 10.1. The van der Waals surface area contributed by atoms with Gasteiger partial charge in [0.05, 0.1) is 24.2 Å². The summed E-state index contributed by atoms with van der Waals surface area (Å²) in [7, 11) is -1.28. The molecule has 0 spiro atoms. The van der Waals surface area contributed by atoms with Crippen molar-refractivity contribution >= 4 is 20.3 Å². The fourth-order valence-corrected chi connectivity index (χ4v) is 10.0. The summed E-state index contributed by atoms with van der Waals surface area (Å²) in [5.74, 6) is 0.809. The van der Waals surface area contributed by atoms with Crippen molar-refractivity contribution in [2.75, 3.05) is 20.0 Å². The van der Waals surface area contributed by atoms with Gasteiger partial charge in [-0.05, 0) is 67.9 Å². The number of rotatable bonds is 11. The molecule has 1 N–H and O–H groups in total. The number of carbonyl (C=O) groups is 2. The number of esters is 1. The maximum Gasteiger partial charge on any atom is 0.320 e. The second kappa shape index (κ2) is 10.7. The van der Waals surface area contributed by atoms with Crippen molar-refractivity contribution < 1.29 is 33.6 Å². The molecule has 1 aliphatic heterocycles. The predicted octanol–water partition coefficient (Wildman–Crippen LogP) is 5.36. The molecule has 0 aromatic heterocycles. The summed E-state index contributed by atoms with van der Waals surface area (Å²) in [4.78, 5) is 28.2. The van der Waals surface area contributed by atoms with Crippen LogP contribution in [0.4, 0.5) is 0 Å². The van der Waals surface area contributed by atoms with E-state index >= 15 is 0 Å². The van der Waals surface area contributed by atoms with Crippen molar-refractivity contribution in [1.82, 2.24) is 0 Å². The predicted molar refractivity (Wildman–Crippen MR) is 155 cm³/mol. The second-order valence-electron chi connectivity index (χ2n) is 14.8. The van der Waals surface area contributed by atoms with E-state index in [9.17, 15) is 14.7 Å². The lowest BCUT2D eigenvalue weighted by Gasteiger charge is -2.59. The summed E-state index contributed by atoms with van der Waals surface area (Å²) in [6.45, 7) is 16.0. The van der Waals surface area contributed by atoms with Crippen LogP contribution in [-0.4, -0.2) is 63.9 Å². The molecule has 1 heterocycles. The number of carbonyl (C=O) groups excluding carboxylic acids is 2. The molecule has 3 fully saturated rings. The van der Waals surface area contributed by atoms with Gasteiger partial charge in [-0.2, -0.15) is 0 Å². The van der Waals surface area contributed by atoms with Crippen LogP contribution in [-0.2, 0) is 28.5 Å². The highest BCUT2D eigenvalue weighted by molar-refractivity contribution is 6.76. The highest BCUT2D eigenvalue weighted by atomic mass is 28.3. The molecule has 0 unspecified atom stereocenters. The van der Waals surface area contributed by atoms with Crippen LogP contribution < -0.4 is 0 Å². The smallest absolute Gasteiger partial charge is 0.320 e. The van der Waals surface area contributed by atoms with Gasteiger partial charge in [-0.15, -0.1) is 0 Å². The minimum atomic E-state index is -1.28. The molecule has 8 heteroatoms. The third kappa shape index (κ3) is 4.43. The molecular weight excluding hydrogens is 524 g/mol. The van der Waals surface area contributed by atoms with Crippen LogP contribution in [0.3, 0.4) is 0 Å². The van der Waals surface area contributed by atoms with Crippen LogP contribution in [0.1, 0.15) is 53.4 Å². The van der Waals surface area contributed by atoms with Crippen LogP contribution in [0.2, 0.25) is 25.7 Å².